The van der Waals surface area contributed by atoms with Gasteiger partial charge in [0.25, 0.3) is 0 Å². The van der Waals surface area contributed by atoms with E-state index in [1.54, 1.807) is 19.9 Å². The van der Waals surface area contributed by atoms with Gasteiger partial charge in [-0.2, -0.15) is 13.2 Å². The molecule has 0 atom stereocenters. The minimum Gasteiger partial charge on any atom is -0.249 e. The number of rotatable bonds is 0. The van der Waals surface area contributed by atoms with Crippen LogP contribution in [0.2, 0.25) is 0 Å². The van der Waals surface area contributed by atoms with Crippen LogP contribution in [0.15, 0.2) is 12.1 Å². The first-order chi connectivity index (χ1) is 6.39. The van der Waals surface area contributed by atoms with Crippen LogP contribution in [0.25, 0.3) is 0 Å². The lowest BCUT2D eigenvalue weighted by atomic mass is 10.2. The maximum absolute atomic E-state index is 12.1. The molecule has 0 saturated heterocycles. The summed E-state index contributed by atoms with van der Waals surface area (Å²) in [5.41, 5.74) is 0.150. The lowest BCUT2D eigenvalue weighted by molar-refractivity contribution is -0.141. The number of hydrogen-bond acceptors (Lipinski definition) is 1. The number of pyridine rings is 1. The van der Waals surface area contributed by atoms with Crippen molar-refractivity contribution in [1.29, 1.82) is 0 Å². The van der Waals surface area contributed by atoms with Gasteiger partial charge in [0.05, 0.1) is 0 Å². The van der Waals surface area contributed by atoms with Crippen LogP contribution < -0.4 is 0 Å². The Bertz CT molecular complexity index is 272. The number of aromatic nitrogens is 1. The van der Waals surface area contributed by atoms with Gasteiger partial charge in [-0.05, 0) is 31.5 Å². The zero-order valence-electron chi connectivity index (χ0n) is 8.74. The Morgan fingerprint density at radius 1 is 1.07 bits per heavy atom. The van der Waals surface area contributed by atoms with Gasteiger partial charge in [0.15, 0.2) is 0 Å². The highest BCUT2D eigenvalue weighted by Crippen LogP contribution is 2.28. The molecule has 0 aliphatic rings. The maximum Gasteiger partial charge on any atom is 0.433 e. The van der Waals surface area contributed by atoms with Crippen molar-refractivity contribution < 1.29 is 13.2 Å². The normalized spacial score (nSPS) is 10.5. The van der Waals surface area contributed by atoms with E-state index in [2.05, 4.69) is 4.98 Å². The van der Waals surface area contributed by atoms with Gasteiger partial charge in [-0.25, -0.2) is 4.98 Å². The van der Waals surface area contributed by atoms with E-state index < -0.39 is 11.9 Å². The standard InChI is InChI=1S/C8H8F3N.C2H6/c1-5-3-6(2)12-7(4-5)8(9,10)11;1-2/h3-4H,1-2H3;1-2H3. The molecule has 0 aliphatic carbocycles. The van der Waals surface area contributed by atoms with Crippen LogP contribution >= 0.6 is 0 Å². The van der Waals surface area contributed by atoms with Crippen molar-refractivity contribution in [2.24, 2.45) is 0 Å². The fourth-order valence-electron chi connectivity index (χ4n) is 0.987. The van der Waals surface area contributed by atoms with Crippen molar-refractivity contribution in [3.8, 4) is 0 Å². The van der Waals surface area contributed by atoms with Gasteiger partial charge >= 0.3 is 6.18 Å². The Balaban J connectivity index is 0.000000791. The summed E-state index contributed by atoms with van der Waals surface area (Å²) in [6, 6.07) is 2.64. The Kier molecular flexibility index (Phi) is 4.60. The number of nitrogens with zero attached hydrogens (tertiary/aromatic N) is 1. The van der Waals surface area contributed by atoms with Crippen molar-refractivity contribution in [3.63, 3.8) is 0 Å². The summed E-state index contributed by atoms with van der Waals surface area (Å²) in [5, 5.41) is 0. The van der Waals surface area contributed by atoms with E-state index in [-0.39, 0.29) is 0 Å². The van der Waals surface area contributed by atoms with E-state index in [0.717, 1.165) is 6.07 Å². The lowest BCUT2D eigenvalue weighted by Gasteiger charge is -2.06. The van der Waals surface area contributed by atoms with Crippen LogP contribution in [0.3, 0.4) is 0 Å². The zero-order valence-corrected chi connectivity index (χ0v) is 8.74. The highest BCUT2D eigenvalue weighted by atomic mass is 19.4. The molecular weight excluding hydrogens is 191 g/mol. The molecule has 0 bridgehead atoms. The molecule has 0 aliphatic heterocycles. The summed E-state index contributed by atoms with van der Waals surface area (Å²) < 4.78 is 36.3. The molecular formula is C10H14F3N. The van der Waals surface area contributed by atoms with Crippen molar-refractivity contribution in [2.45, 2.75) is 33.9 Å². The quantitative estimate of drug-likeness (QED) is 0.628. The smallest absolute Gasteiger partial charge is 0.249 e. The molecule has 0 N–H and O–H groups in total. The van der Waals surface area contributed by atoms with Crippen molar-refractivity contribution in [3.05, 3.63) is 29.1 Å². The van der Waals surface area contributed by atoms with Gasteiger partial charge in [0.1, 0.15) is 5.69 Å². The Hall–Kier alpha value is -1.06. The van der Waals surface area contributed by atoms with Gasteiger partial charge in [0, 0.05) is 5.69 Å². The predicted octanol–water partition coefficient (Wildman–Crippen LogP) is 3.74. The number of hydrogen-bond donors (Lipinski definition) is 0. The highest BCUT2D eigenvalue weighted by Gasteiger charge is 2.32. The molecule has 1 rings (SSSR count). The van der Waals surface area contributed by atoms with E-state index in [9.17, 15) is 13.2 Å². The van der Waals surface area contributed by atoms with Crippen LogP contribution in [-0.2, 0) is 6.18 Å². The van der Waals surface area contributed by atoms with Crippen LogP contribution in [0.5, 0.6) is 0 Å². The molecule has 0 unspecified atom stereocenters. The molecule has 4 heteroatoms. The van der Waals surface area contributed by atoms with E-state index in [1.807, 2.05) is 13.8 Å². The first kappa shape index (κ1) is 12.9. The second-order valence-electron chi connectivity index (χ2n) is 2.67. The molecule has 0 aromatic carbocycles. The summed E-state index contributed by atoms with van der Waals surface area (Å²) in [5.74, 6) is 0. The zero-order chi connectivity index (χ0) is 11.4. The second-order valence-corrected chi connectivity index (χ2v) is 2.67. The third-order valence-electron chi connectivity index (χ3n) is 1.39. The Morgan fingerprint density at radius 3 is 1.93 bits per heavy atom. The maximum atomic E-state index is 12.1. The molecule has 80 valence electrons. The van der Waals surface area contributed by atoms with Crippen LogP contribution in [0.4, 0.5) is 13.2 Å². The SMILES string of the molecule is CC.Cc1cc(C)nc(C(F)(F)F)c1. The molecule has 0 radical (unpaired) electrons. The summed E-state index contributed by atoms with van der Waals surface area (Å²) in [7, 11) is 0. The average Bonchev–Trinajstić information content (AvgIpc) is 2.04. The minimum atomic E-state index is -4.34. The largest absolute Gasteiger partial charge is 0.433 e. The van der Waals surface area contributed by atoms with Crippen molar-refractivity contribution >= 4 is 0 Å². The summed E-state index contributed by atoms with van der Waals surface area (Å²) >= 11 is 0. The highest BCUT2D eigenvalue weighted by molar-refractivity contribution is 5.21. The van der Waals surface area contributed by atoms with Gasteiger partial charge in [0.2, 0.25) is 0 Å². The monoisotopic (exact) mass is 205 g/mol. The molecule has 0 spiro atoms. The van der Waals surface area contributed by atoms with E-state index in [0.29, 0.717) is 11.3 Å². The Labute approximate surface area is 82.0 Å². The molecule has 0 fully saturated rings. The van der Waals surface area contributed by atoms with Gasteiger partial charge in [-0.1, -0.05) is 13.8 Å². The fourth-order valence-corrected chi connectivity index (χ4v) is 0.987. The first-order valence-electron chi connectivity index (χ1n) is 4.42. The molecule has 0 saturated carbocycles. The summed E-state index contributed by atoms with van der Waals surface area (Å²) in [4.78, 5) is 3.38. The summed E-state index contributed by atoms with van der Waals surface area (Å²) in [6.07, 6.45) is -4.34. The van der Waals surface area contributed by atoms with Crippen molar-refractivity contribution in [1.82, 2.24) is 4.98 Å². The van der Waals surface area contributed by atoms with Crippen molar-refractivity contribution in [2.75, 3.05) is 0 Å². The second kappa shape index (κ2) is 4.98. The van der Waals surface area contributed by atoms with Gasteiger partial charge in [-0.3, -0.25) is 0 Å². The van der Waals surface area contributed by atoms with Gasteiger partial charge in [-0.15, -0.1) is 0 Å². The minimum absolute atomic E-state index is 0.391. The molecule has 1 nitrogen and oxygen atoms in total. The predicted molar refractivity (Wildman–Crippen MR) is 50.1 cm³/mol. The van der Waals surface area contributed by atoms with Crippen LogP contribution in [0, 0.1) is 13.8 Å². The van der Waals surface area contributed by atoms with Gasteiger partial charge < -0.3 is 0 Å². The molecule has 1 aromatic heterocycles. The Morgan fingerprint density at radius 2 is 1.57 bits per heavy atom. The third kappa shape index (κ3) is 3.77. The fraction of sp³-hybridized carbons (Fsp3) is 0.500. The number of alkyl halides is 3. The summed E-state index contributed by atoms with van der Waals surface area (Å²) in [6.45, 7) is 7.16. The topological polar surface area (TPSA) is 12.9 Å². The van der Waals surface area contributed by atoms with E-state index in [1.165, 1.54) is 0 Å². The van der Waals surface area contributed by atoms with E-state index in [4.69, 9.17) is 0 Å². The lowest BCUT2D eigenvalue weighted by Crippen LogP contribution is -2.08. The number of aryl methyl sites for hydroxylation is 2. The average molecular weight is 205 g/mol. The van der Waals surface area contributed by atoms with Crippen LogP contribution in [0.1, 0.15) is 30.8 Å². The first-order valence-corrected chi connectivity index (χ1v) is 4.42. The third-order valence-corrected chi connectivity index (χ3v) is 1.39. The molecule has 1 aromatic rings. The molecule has 0 amide bonds. The van der Waals surface area contributed by atoms with Crippen LogP contribution in [-0.4, -0.2) is 4.98 Å². The van der Waals surface area contributed by atoms with E-state index >= 15 is 0 Å². The number of halogens is 3. The molecule has 1 heterocycles. The molecule has 14 heavy (non-hydrogen) atoms.